The van der Waals surface area contributed by atoms with E-state index in [0.717, 1.165) is 11.3 Å². The number of rotatable bonds is 8. The molecule has 0 saturated carbocycles. The smallest absolute Gasteiger partial charge is 0.411 e. The van der Waals surface area contributed by atoms with Gasteiger partial charge in [-0.05, 0) is 78.2 Å². The first kappa shape index (κ1) is 41.9. The van der Waals surface area contributed by atoms with Gasteiger partial charge in [0.05, 0.1) is 43.6 Å². The van der Waals surface area contributed by atoms with Gasteiger partial charge in [-0.3, -0.25) is 19.5 Å². The van der Waals surface area contributed by atoms with Crippen LogP contribution < -0.4 is 0 Å². The Balaban J connectivity index is 1.60. The number of likely N-dealkylation sites (N-methyl/N-ethyl adjacent to an activating group) is 1. The Morgan fingerprint density at radius 1 is 1.07 bits per heavy atom. The summed E-state index contributed by atoms with van der Waals surface area (Å²) in [4.78, 5) is 50.0. The maximum atomic E-state index is 14.4. The normalized spacial score (nSPS) is 39.6. The zero-order valence-corrected chi connectivity index (χ0v) is 32.9. The Morgan fingerprint density at radius 3 is 2.41 bits per heavy atom. The first-order chi connectivity index (χ1) is 25.4. The second-order valence-electron chi connectivity index (χ2n) is 16.1. The van der Waals surface area contributed by atoms with Crippen LogP contribution >= 0.6 is 0 Å². The highest BCUT2D eigenvalue weighted by Crippen LogP contribution is 2.43. The minimum absolute atomic E-state index is 0.0702. The Bertz CT molecular complexity index is 1570. The predicted molar refractivity (Wildman–Crippen MR) is 198 cm³/mol. The molecule has 3 fully saturated rings. The number of ether oxygens (including phenoxy) is 5. The van der Waals surface area contributed by atoms with Crippen molar-refractivity contribution in [3.63, 3.8) is 0 Å². The molecule has 2 bridgehead atoms. The van der Waals surface area contributed by atoms with Crippen LogP contribution in [0, 0.1) is 29.5 Å². The second kappa shape index (κ2) is 16.8. The van der Waals surface area contributed by atoms with Crippen molar-refractivity contribution in [3.05, 3.63) is 41.7 Å². The van der Waals surface area contributed by atoms with Crippen LogP contribution in [0.3, 0.4) is 0 Å². The molecule has 1 amide bonds. The molecule has 0 aromatic heterocycles. The van der Waals surface area contributed by atoms with Crippen molar-refractivity contribution in [1.82, 2.24) is 9.80 Å². The molecule has 2 N–H and O–H groups in total. The van der Waals surface area contributed by atoms with Gasteiger partial charge < -0.3 is 38.8 Å². The van der Waals surface area contributed by atoms with Crippen LogP contribution in [0.2, 0.25) is 0 Å². The van der Waals surface area contributed by atoms with Gasteiger partial charge in [-0.1, -0.05) is 45.1 Å². The first-order valence-electron chi connectivity index (χ1n) is 19.0. The number of aliphatic hydroxyl groups is 2. The molecule has 4 aliphatic rings. The molecular formula is C40H58FN3O10. The molecule has 0 radical (unpaired) electrons. The molecule has 14 heteroatoms. The second-order valence-corrected chi connectivity index (χ2v) is 16.1. The van der Waals surface area contributed by atoms with Crippen LogP contribution in [0.5, 0.6) is 0 Å². The van der Waals surface area contributed by atoms with Gasteiger partial charge in [-0.25, -0.2) is 9.18 Å². The number of carbonyl (C=O) groups is 3. The first-order valence-corrected chi connectivity index (χ1v) is 19.0. The SMILES string of the molecule is C[C@H]1C(=O)O[C@@H](CO)[C@@]2(C)OC(=O)N3CCN=C([C@H](C)C[C@](C)(OC/C=C/c4ccc(F)cc4)[C@H](O[C@H]4O[C@@H](C)C[C@@H](N(C)C)C4O)[C@@H](C)C1=O)[C@@H](C)[C@@H]32. The summed E-state index contributed by atoms with van der Waals surface area (Å²) in [5, 5.41) is 22.2. The van der Waals surface area contributed by atoms with Gasteiger partial charge in [-0.15, -0.1) is 0 Å². The summed E-state index contributed by atoms with van der Waals surface area (Å²) >= 11 is 0. The molecule has 1 unspecified atom stereocenters. The van der Waals surface area contributed by atoms with Crippen LogP contribution in [0.25, 0.3) is 6.08 Å². The molecule has 5 rings (SSSR count). The summed E-state index contributed by atoms with van der Waals surface area (Å²) < 4.78 is 45.1. The van der Waals surface area contributed by atoms with Crippen molar-refractivity contribution < 1.29 is 52.7 Å². The van der Waals surface area contributed by atoms with E-state index in [9.17, 15) is 29.0 Å². The van der Waals surface area contributed by atoms with E-state index in [1.54, 1.807) is 43.0 Å². The average molecular weight is 760 g/mol. The molecule has 1 aromatic carbocycles. The molecule has 54 heavy (non-hydrogen) atoms. The maximum Gasteiger partial charge on any atom is 0.411 e. The number of hydrogen-bond acceptors (Lipinski definition) is 12. The molecule has 13 atom stereocenters. The minimum Gasteiger partial charge on any atom is -0.455 e. The average Bonchev–Trinajstić information content (AvgIpc) is 3.25. The number of aliphatic hydroxyl groups excluding tert-OH is 2. The lowest BCUT2D eigenvalue weighted by atomic mass is 9.73. The molecule has 1 aromatic rings. The van der Waals surface area contributed by atoms with Gasteiger partial charge in [0.15, 0.2) is 23.8 Å². The summed E-state index contributed by atoms with van der Waals surface area (Å²) in [6.07, 6.45) is -0.991. The largest absolute Gasteiger partial charge is 0.455 e. The minimum atomic E-state index is -1.45. The number of ketones is 1. The van der Waals surface area contributed by atoms with Crippen LogP contribution in [0.15, 0.2) is 35.3 Å². The highest BCUT2D eigenvalue weighted by atomic mass is 19.1. The molecule has 3 saturated heterocycles. The lowest BCUT2D eigenvalue weighted by Crippen LogP contribution is -2.60. The highest BCUT2D eigenvalue weighted by Gasteiger charge is 2.61. The van der Waals surface area contributed by atoms with E-state index in [2.05, 4.69) is 0 Å². The van der Waals surface area contributed by atoms with Gasteiger partial charge in [0, 0.05) is 30.1 Å². The number of Topliss-reactive ketones (excluding diaryl/α,β-unsaturated/α-hetero) is 1. The predicted octanol–water partition coefficient (Wildman–Crippen LogP) is 3.88. The lowest BCUT2D eigenvalue weighted by molar-refractivity contribution is -0.296. The molecule has 0 aliphatic carbocycles. The fraction of sp³-hybridized carbons (Fsp3) is 0.700. The van der Waals surface area contributed by atoms with Crippen molar-refractivity contribution in [1.29, 1.82) is 0 Å². The molecule has 4 heterocycles. The van der Waals surface area contributed by atoms with Gasteiger partial charge in [0.25, 0.3) is 0 Å². The van der Waals surface area contributed by atoms with Crippen LogP contribution in [-0.4, -0.2) is 138 Å². The zero-order valence-electron chi connectivity index (χ0n) is 32.9. The summed E-state index contributed by atoms with van der Waals surface area (Å²) in [5.74, 6) is -4.76. The molecule has 13 nitrogen and oxygen atoms in total. The quantitative estimate of drug-likeness (QED) is 0.293. The molecule has 300 valence electrons. The number of halogens is 1. The third-order valence-corrected chi connectivity index (χ3v) is 11.9. The Morgan fingerprint density at radius 2 is 1.76 bits per heavy atom. The van der Waals surface area contributed by atoms with Gasteiger partial charge in [-0.2, -0.15) is 0 Å². The summed E-state index contributed by atoms with van der Waals surface area (Å²) in [7, 11) is 3.74. The Kier molecular flexibility index (Phi) is 13.1. The van der Waals surface area contributed by atoms with Gasteiger partial charge >= 0.3 is 12.1 Å². The van der Waals surface area contributed by atoms with E-state index in [1.165, 1.54) is 19.1 Å². The summed E-state index contributed by atoms with van der Waals surface area (Å²) in [6, 6.07) is 5.08. The highest BCUT2D eigenvalue weighted by molar-refractivity contribution is 6.00. The zero-order chi connectivity index (χ0) is 39.7. The maximum absolute atomic E-state index is 14.4. The Labute approximate surface area is 317 Å². The van der Waals surface area contributed by atoms with E-state index in [0.29, 0.717) is 13.0 Å². The van der Waals surface area contributed by atoms with Crippen molar-refractivity contribution in [2.24, 2.45) is 28.7 Å². The number of benzene rings is 1. The van der Waals surface area contributed by atoms with Crippen molar-refractivity contribution >= 4 is 29.6 Å². The summed E-state index contributed by atoms with van der Waals surface area (Å²) in [6.45, 7) is 12.4. The number of hydrogen-bond donors (Lipinski definition) is 2. The number of nitrogens with zero attached hydrogens (tertiary/aromatic N) is 3. The fourth-order valence-corrected chi connectivity index (χ4v) is 8.97. The van der Waals surface area contributed by atoms with Gasteiger partial charge in [0.2, 0.25) is 0 Å². The van der Waals surface area contributed by atoms with E-state index in [-0.39, 0.29) is 43.5 Å². The number of aliphatic imine (C=N–C) groups is 1. The van der Waals surface area contributed by atoms with E-state index in [1.807, 2.05) is 46.7 Å². The topological polar surface area (TPSA) is 157 Å². The number of amides is 1. The van der Waals surface area contributed by atoms with Gasteiger partial charge in [0.1, 0.15) is 17.8 Å². The molecule has 0 spiro atoms. The number of esters is 1. The van der Waals surface area contributed by atoms with Crippen LogP contribution in [0.4, 0.5) is 9.18 Å². The lowest BCUT2D eigenvalue weighted by Gasteiger charge is -2.47. The van der Waals surface area contributed by atoms with Crippen molar-refractivity contribution in [3.8, 4) is 0 Å². The Hall–Kier alpha value is -3.27. The van der Waals surface area contributed by atoms with E-state index < -0.39 is 84.1 Å². The van der Waals surface area contributed by atoms with E-state index in [4.69, 9.17) is 28.7 Å². The van der Waals surface area contributed by atoms with Crippen LogP contribution in [-0.2, 0) is 33.3 Å². The standard InChI is InChI=1S/C40H58FN3O10/c1-22-20-39(6,50-18-10-11-27-12-14-28(41)15-13-27)35(53-37-33(47)29(43(8)9)19-23(2)51-37)25(4)32(46)26(5)36(48)52-30(21-45)40(7)34-24(3)31(22)42-16-17-44(34)38(49)54-40/h10-15,22-26,29-30,33-35,37,45,47H,16-21H2,1-9H3/b11-10+/t22-,23+,24-,25+,26-,29-,30+,33?,34-,35-,37-,39+,40-/m1/s1. The van der Waals surface area contributed by atoms with Crippen molar-refractivity contribution in [2.75, 3.05) is 40.4 Å². The molecule has 4 aliphatic heterocycles. The van der Waals surface area contributed by atoms with E-state index >= 15 is 0 Å². The van der Waals surface area contributed by atoms with Crippen molar-refractivity contribution in [2.45, 2.75) is 115 Å². The monoisotopic (exact) mass is 759 g/mol. The summed E-state index contributed by atoms with van der Waals surface area (Å²) in [5.41, 5.74) is -1.18. The molecular weight excluding hydrogens is 701 g/mol. The third kappa shape index (κ3) is 8.43. The number of cyclic esters (lactones) is 1. The number of fused-ring (bicyclic) bond motifs is 1. The fourth-order valence-electron chi connectivity index (χ4n) is 8.97. The number of carbonyl (C=O) groups excluding carboxylic acids is 3. The third-order valence-electron chi connectivity index (χ3n) is 11.9. The van der Waals surface area contributed by atoms with Crippen LogP contribution in [0.1, 0.15) is 66.9 Å².